The zero-order valence-corrected chi connectivity index (χ0v) is 28.7. The van der Waals surface area contributed by atoms with Crippen LogP contribution in [0.2, 0.25) is 0 Å². The van der Waals surface area contributed by atoms with E-state index < -0.39 is 0 Å². The molecule has 0 saturated heterocycles. The predicted octanol–water partition coefficient (Wildman–Crippen LogP) is 14.7. The number of anilines is 3. The van der Waals surface area contributed by atoms with Crippen LogP contribution in [0.5, 0.6) is 0 Å². The van der Waals surface area contributed by atoms with Crippen molar-refractivity contribution >= 4 is 92.4 Å². The van der Waals surface area contributed by atoms with Crippen molar-refractivity contribution in [1.29, 1.82) is 0 Å². The fourth-order valence-electron chi connectivity index (χ4n) is 7.87. The number of para-hydroxylation sites is 1. The lowest BCUT2D eigenvalue weighted by Gasteiger charge is -2.27. The van der Waals surface area contributed by atoms with Crippen molar-refractivity contribution < 1.29 is 8.83 Å². The molecule has 0 atom stereocenters. The van der Waals surface area contributed by atoms with Gasteiger partial charge in [-0.25, -0.2) is 0 Å². The maximum absolute atomic E-state index is 6.76. The van der Waals surface area contributed by atoms with Crippen LogP contribution in [-0.2, 0) is 0 Å². The molecule has 8 aromatic carbocycles. The Morgan fingerprint density at radius 2 is 1.13 bits per heavy atom. The first-order valence-electron chi connectivity index (χ1n) is 17.5. The molecule has 11 rings (SSSR count). The highest BCUT2D eigenvalue weighted by molar-refractivity contribution is 7.26. The number of furan rings is 2. The van der Waals surface area contributed by atoms with Crippen LogP contribution in [0.25, 0.3) is 86.3 Å². The standard InChI is InChI=1S/C48H29NO2S/c1-3-12-30(13-4-1)32-22-24-35-39-29-33(23-27-43(39)50-44(35)28-32)49(41-19-11-18-37-36-16-8-10-21-45(36)52-48(37)41)40-26-25-34(31-14-5-2-6-15-31)47-46(40)38-17-7-9-20-42(38)51-47/h1-29H. The summed E-state index contributed by atoms with van der Waals surface area (Å²) in [5.74, 6) is 0. The van der Waals surface area contributed by atoms with Crippen LogP contribution in [0.3, 0.4) is 0 Å². The van der Waals surface area contributed by atoms with Crippen LogP contribution in [-0.4, -0.2) is 0 Å². The van der Waals surface area contributed by atoms with Gasteiger partial charge in [0.1, 0.15) is 22.3 Å². The highest BCUT2D eigenvalue weighted by Gasteiger charge is 2.25. The van der Waals surface area contributed by atoms with Crippen molar-refractivity contribution in [2.24, 2.45) is 0 Å². The van der Waals surface area contributed by atoms with E-state index in [0.717, 1.165) is 77.6 Å². The highest BCUT2D eigenvalue weighted by Crippen LogP contribution is 2.50. The summed E-state index contributed by atoms with van der Waals surface area (Å²) in [7, 11) is 0. The Labute approximate surface area is 303 Å². The SMILES string of the molecule is c1ccc(-c2ccc3c(c2)oc2ccc(N(c4cccc5c4sc4ccccc45)c4ccc(-c5ccccc5)c5oc6ccccc6c45)cc23)cc1. The average Bonchev–Trinajstić information content (AvgIpc) is 3.90. The topological polar surface area (TPSA) is 29.5 Å². The second-order valence-electron chi connectivity index (χ2n) is 13.2. The van der Waals surface area contributed by atoms with Crippen LogP contribution in [0, 0.1) is 0 Å². The van der Waals surface area contributed by atoms with Gasteiger partial charge >= 0.3 is 0 Å². The van der Waals surface area contributed by atoms with E-state index in [1.54, 1.807) is 0 Å². The Hall–Kier alpha value is -6.62. The van der Waals surface area contributed by atoms with Gasteiger partial charge in [-0.2, -0.15) is 0 Å². The van der Waals surface area contributed by atoms with Gasteiger partial charge in [0.05, 0.1) is 21.5 Å². The number of rotatable bonds is 5. The van der Waals surface area contributed by atoms with E-state index in [1.807, 2.05) is 23.5 Å². The van der Waals surface area contributed by atoms with E-state index in [0.29, 0.717) is 0 Å². The van der Waals surface area contributed by atoms with Crippen molar-refractivity contribution in [1.82, 2.24) is 0 Å². The molecule has 3 heterocycles. The summed E-state index contributed by atoms with van der Waals surface area (Å²) in [5.41, 5.74) is 11.2. The summed E-state index contributed by atoms with van der Waals surface area (Å²) in [6.45, 7) is 0. The first-order chi connectivity index (χ1) is 25.8. The molecule has 0 aliphatic carbocycles. The quantitative estimate of drug-likeness (QED) is 0.181. The number of hydrogen-bond donors (Lipinski definition) is 0. The molecule has 52 heavy (non-hydrogen) atoms. The maximum atomic E-state index is 6.76. The molecule has 0 saturated carbocycles. The lowest BCUT2D eigenvalue weighted by atomic mass is 9.99. The van der Waals surface area contributed by atoms with Crippen LogP contribution >= 0.6 is 11.3 Å². The molecule has 244 valence electrons. The number of fused-ring (bicyclic) bond motifs is 9. The maximum Gasteiger partial charge on any atom is 0.145 e. The second kappa shape index (κ2) is 11.5. The summed E-state index contributed by atoms with van der Waals surface area (Å²) >= 11 is 1.84. The summed E-state index contributed by atoms with van der Waals surface area (Å²) in [4.78, 5) is 2.42. The minimum absolute atomic E-state index is 0.863. The van der Waals surface area contributed by atoms with E-state index in [1.165, 1.54) is 25.7 Å². The molecule has 3 nitrogen and oxygen atoms in total. The number of nitrogens with zero attached hydrogens (tertiary/aromatic N) is 1. The lowest BCUT2D eigenvalue weighted by Crippen LogP contribution is -2.10. The van der Waals surface area contributed by atoms with Crippen molar-refractivity contribution in [2.75, 3.05) is 4.90 Å². The summed E-state index contributed by atoms with van der Waals surface area (Å²) in [6, 6.07) is 62.4. The third-order valence-electron chi connectivity index (χ3n) is 10.3. The van der Waals surface area contributed by atoms with Crippen molar-refractivity contribution in [3.8, 4) is 22.3 Å². The normalized spacial score (nSPS) is 11.8. The third kappa shape index (κ3) is 4.45. The molecule has 0 N–H and O–H groups in total. The fourth-order valence-corrected chi connectivity index (χ4v) is 9.08. The predicted molar refractivity (Wildman–Crippen MR) is 219 cm³/mol. The van der Waals surface area contributed by atoms with Gasteiger partial charge in [0.2, 0.25) is 0 Å². The molecule has 3 aromatic heterocycles. The molecule has 0 aliphatic rings. The third-order valence-corrected chi connectivity index (χ3v) is 11.5. The first-order valence-corrected chi connectivity index (χ1v) is 18.3. The van der Waals surface area contributed by atoms with Gasteiger partial charge in [-0.1, -0.05) is 115 Å². The zero-order chi connectivity index (χ0) is 34.2. The van der Waals surface area contributed by atoms with Crippen LogP contribution in [0.1, 0.15) is 0 Å². The summed E-state index contributed by atoms with van der Waals surface area (Å²) in [5, 5.41) is 6.86. The van der Waals surface area contributed by atoms with E-state index in [9.17, 15) is 0 Å². The van der Waals surface area contributed by atoms with E-state index in [2.05, 4.69) is 169 Å². The molecular formula is C48H29NO2S. The minimum Gasteiger partial charge on any atom is -0.456 e. The van der Waals surface area contributed by atoms with Gasteiger partial charge in [-0.05, 0) is 77.4 Å². The van der Waals surface area contributed by atoms with Gasteiger partial charge in [0.25, 0.3) is 0 Å². The largest absolute Gasteiger partial charge is 0.456 e. The molecular weight excluding hydrogens is 655 g/mol. The van der Waals surface area contributed by atoms with E-state index in [-0.39, 0.29) is 0 Å². The van der Waals surface area contributed by atoms with Gasteiger partial charge < -0.3 is 13.7 Å². The van der Waals surface area contributed by atoms with Crippen molar-refractivity contribution in [3.05, 3.63) is 176 Å². The molecule has 11 aromatic rings. The molecule has 4 heteroatoms. The number of benzene rings is 8. The van der Waals surface area contributed by atoms with Gasteiger partial charge in [-0.3, -0.25) is 0 Å². The van der Waals surface area contributed by atoms with E-state index in [4.69, 9.17) is 8.83 Å². The lowest BCUT2D eigenvalue weighted by molar-refractivity contribution is 0.669. The van der Waals surface area contributed by atoms with Gasteiger partial charge in [0.15, 0.2) is 0 Å². The van der Waals surface area contributed by atoms with Crippen LogP contribution in [0.15, 0.2) is 185 Å². The van der Waals surface area contributed by atoms with Crippen molar-refractivity contribution in [3.63, 3.8) is 0 Å². The summed E-state index contributed by atoms with van der Waals surface area (Å²) < 4.78 is 15.8. The molecule has 0 aliphatic heterocycles. The van der Waals surface area contributed by atoms with Crippen LogP contribution < -0.4 is 4.90 Å². The fraction of sp³-hybridized carbons (Fsp3) is 0. The number of thiophene rings is 1. The van der Waals surface area contributed by atoms with E-state index >= 15 is 0 Å². The monoisotopic (exact) mass is 683 g/mol. The van der Waals surface area contributed by atoms with Gasteiger partial charge in [-0.15, -0.1) is 11.3 Å². The minimum atomic E-state index is 0.863. The molecule has 0 spiro atoms. The zero-order valence-electron chi connectivity index (χ0n) is 27.9. The number of hydrogen-bond acceptors (Lipinski definition) is 4. The smallest absolute Gasteiger partial charge is 0.145 e. The molecule has 0 bridgehead atoms. The van der Waals surface area contributed by atoms with Gasteiger partial charge in [0, 0.05) is 42.9 Å². The average molecular weight is 684 g/mol. The first kappa shape index (κ1) is 29.1. The second-order valence-corrected chi connectivity index (χ2v) is 14.3. The highest BCUT2D eigenvalue weighted by atomic mass is 32.1. The van der Waals surface area contributed by atoms with Crippen LogP contribution in [0.4, 0.5) is 17.1 Å². The molecule has 0 radical (unpaired) electrons. The Morgan fingerprint density at radius 3 is 2.00 bits per heavy atom. The molecule has 0 unspecified atom stereocenters. The van der Waals surface area contributed by atoms with Crippen molar-refractivity contribution in [2.45, 2.75) is 0 Å². The molecule has 0 amide bonds. The summed E-state index contributed by atoms with van der Waals surface area (Å²) in [6.07, 6.45) is 0. The Kier molecular flexibility index (Phi) is 6.42. The Bertz CT molecular complexity index is 3130. The Morgan fingerprint density at radius 1 is 0.404 bits per heavy atom. The Balaban J connectivity index is 1.20. The molecule has 0 fully saturated rings.